The van der Waals surface area contributed by atoms with Crippen molar-refractivity contribution >= 4 is 5.91 Å². The first-order valence-electron chi connectivity index (χ1n) is 6.81. The van der Waals surface area contributed by atoms with Crippen molar-refractivity contribution < 1.29 is 4.79 Å². The van der Waals surface area contributed by atoms with Crippen LogP contribution in [0, 0.1) is 0 Å². The fourth-order valence-corrected chi connectivity index (χ4v) is 2.35. The SMILES string of the molecule is CCCCCN1C(=O)C(CC)NC1CCC. The zero-order chi connectivity index (χ0) is 12.0. The quantitative estimate of drug-likeness (QED) is 0.677. The number of carbonyl (C=O) groups excluding carboxylic acids is 1. The van der Waals surface area contributed by atoms with Crippen molar-refractivity contribution in [2.75, 3.05) is 6.54 Å². The summed E-state index contributed by atoms with van der Waals surface area (Å²) >= 11 is 0. The lowest BCUT2D eigenvalue weighted by Crippen LogP contribution is -2.37. The average molecular weight is 226 g/mol. The topological polar surface area (TPSA) is 32.3 Å². The zero-order valence-corrected chi connectivity index (χ0v) is 11.0. The molecule has 2 unspecified atom stereocenters. The Morgan fingerprint density at radius 3 is 2.50 bits per heavy atom. The molecule has 1 aliphatic rings. The molecule has 1 aliphatic heterocycles. The summed E-state index contributed by atoms with van der Waals surface area (Å²) < 4.78 is 0. The maximum Gasteiger partial charge on any atom is 0.241 e. The Bertz CT molecular complexity index is 218. The predicted octanol–water partition coefficient (Wildman–Crippen LogP) is 2.51. The molecule has 1 N–H and O–H groups in total. The lowest BCUT2D eigenvalue weighted by Gasteiger charge is -2.23. The van der Waals surface area contributed by atoms with Crippen LogP contribution in [0.25, 0.3) is 0 Å². The molecule has 94 valence electrons. The van der Waals surface area contributed by atoms with Crippen LogP contribution >= 0.6 is 0 Å². The van der Waals surface area contributed by atoms with Crippen molar-refractivity contribution in [2.24, 2.45) is 0 Å². The second-order valence-corrected chi connectivity index (χ2v) is 4.67. The van der Waals surface area contributed by atoms with Crippen molar-refractivity contribution in [1.29, 1.82) is 0 Å². The molecule has 1 heterocycles. The van der Waals surface area contributed by atoms with E-state index in [-0.39, 0.29) is 6.04 Å². The van der Waals surface area contributed by atoms with E-state index in [0.717, 1.165) is 32.2 Å². The first-order valence-corrected chi connectivity index (χ1v) is 6.81. The van der Waals surface area contributed by atoms with Gasteiger partial charge in [0.25, 0.3) is 0 Å². The Balaban J connectivity index is 2.50. The van der Waals surface area contributed by atoms with Gasteiger partial charge in [0.1, 0.15) is 0 Å². The van der Waals surface area contributed by atoms with Gasteiger partial charge in [0.05, 0.1) is 12.2 Å². The largest absolute Gasteiger partial charge is 0.326 e. The van der Waals surface area contributed by atoms with E-state index in [1.54, 1.807) is 0 Å². The summed E-state index contributed by atoms with van der Waals surface area (Å²) in [5, 5.41) is 3.44. The average Bonchev–Trinajstić information content (AvgIpc) is 2.58. The molecule has 0 aromatic heterocycles. The second-order valence-electron chi connectivity index (χ2n) is 4.67. The Kier molecular flexibility index (Phi) is 5.81. The summed E-state index contributed by atoms with van der Waals surface area (Å²) in [5.41, 5.74) is 0. The number of amides is 1. The highest BCUT2D eigenvalue weighted by atomic mass is 16.2. The van der Waals surface area contributed by atoms with Crippen LogP contribution in [0.15, 0.2) is 0 Å². The van der Waals surface area contributed by atoms with E-state index in [4.69, 9.17) is 0 Å². The fraction of sp³-hybridized carbons (Fsp3) is 0.923. The van der Waals surface area contributed by atoms with E-state index in [0.29, 0.717) is 12.1 Å². The minimum Gasteiger partial charge on any atom is -0.326 e. The van der Waals surface area contributed by atoms with Crippen molar-refractivity contribution in [2.45, 2.75) is 71.5 Å². The van der Waals surface area contributed by atoms with Crippen LogP contribution in [0.1, 0.15) is 59.3 Å². The summed E-state index contributed by atoms with van der Waals surface area (Å²) in [6.45, 7) is 7.38. The Hall–Kier alpha value is -0.570. The summed E-state index contributed by atoms with van der Waals surface area (Å²) in [7, 11) is 0. The van der Waals surface area contributed by atoms with Crippen LogP contribution in [0.4, 0.5) is 0 Å². The molecule has 0 aromatic rings. The van der Waals surface area contributed by atoms with Gasteiger partial charge in [-0.05, 0) is 19.3 Å². The van der Waals surface area contributed by atoms with Crippen LogP contribution in [0.2, 0.25) is 0 Å². The molecule has 1 fully saturated rings. The van der Waals surface area contributed by atoms with Gasteiger partial charge >= 0.3 is 0 Å². The molecule has 1 rings (SSSR count). The van der Waals surface area contributed by atoms with Crippen LogP contribution in [0.3, 0.4) is 0 Å². The van der Waals surface area contributed by atoms with E-state index >= 15 is 0 Å². The predicted molar refractivity (Wildman–Crippen MR) is 67.1 cm³/mol. The van der Waals surface area contributed by atoms with Gasteiger partial charge in [0.2, 0.25) is 5.91 Å². The van der Waals surface area contributed by atoms with E-state index in [1.165, 1.54) is 12.8 Å². The third kappa shape index (κ3) is 3.21. The third-order valence-electron chi connectivity index (χ3n) is 3.32. The van der Waals surface area contributed by atoms with Gasteiger partial charge in [-0.1, -0.05) is 40.0 Å². The Morgan fingerprint density at radius 1 is 1.19 bits per heavy atom. The van der Waals surface area contributed by atoms with Crippen LogP contribution in [-0.2, 0) is 4.79 Å². The molecule has 3 nitrogen and oxygen atoms in total. The lowest BCUT2D eigenvalue weighted by atomic mass is 10.2. The second kappa shape index (κ2) is 6.89. The van der Waals surface area contributed by atoms with Gasteiger partial charge in [-0.15, -0.1) is 0 Å². The summed E-state index contributed by atoms with van der Waals surface area (Å²) in [6.07, 6.45) is 6.98. The monoisotopic (exact) mass is 226 g/mol. The highest BCUT2D eigenvalue weighted by Gasteiger charge is 2.36. The third-order valence-corrected chi connectivity index (χ3v) is 3.32. The molecule has 0 bridgehead atoms. The highest BCUT2D eigenvalue weighted by Crippen LogP contribution is 2.17. The van der Waals surface area contributed by atoms with E-state index < -0.39 is 0 Å². The zero-order valence-electron chi connectivity index (χ0n) is 11.0. The van der Waals surface area contributed by atoms with Gasteiger partial charge < -0.3 is 4.90 Å². The molecule has 1 saturated heterocycles. The molecule has 0 aliphatic carbocycles. The molecule has 3 heteroatoms. The van der Waals surface area contributed by atoms with Gasteiger partial charge in [0.15, 0.2) is 0 Å². The normalized spacial score (nSPS) is 25.4. The van der Waals surface area contributed by atoms with Crippen LogP contribution in [0.5, 0.6) is 0 Å². The van der Waals surface area contributed by atoms with Gasteiger partial charge in [-0.25, -0.2) is 0 Å². The van der Waals surface area contributed by atoms with E-state index in [1.807, 2.05) is 0 Å². The number of rotatable bonds is 7. The minimum absolute atomic E-state index is 0.0678. The molecule has 0 radical (unpaired) electrons. The summed E-state index contributed by atoms with van der Waals surface area (Å²) in [4.78, 5) is 14.1. The Morgan fingerprint density at radius 2 is 1.94 bits per heavy atom. The van der Waals surface area contributed by atoms with Crippen LogP contribution < -0.4 is 5.32 Å². The molecule has 0 aromatic carbocycles. The smallest absolute Gasteiger partial charge is 0.241 e. The molecule has 2 atom stereocenters. The summed E-state index contributed by atoms with van der Waals surface area (Å²) in [6, 6.07) is 0.0678. The maximum atomic E-state index is 12.1. The molecular formula is C13H26N2O. The number of hydrogen-bond donors (Lipinski definition) is 1. The van der Waals surface area contributed by atoms with Crippen molar-refractivity contribution in [3.05, 3.63) is 0 Å². The van der Waals surface area contributed by atoms with Crippen molar-refractivity contribution in [3.63, 3.8) is 0 Å². The van der Waals surface area contributed by atoms with E-state index in [9.17, 15) is 4.79 Å². The van der Waals surface area contributed by atoms with Gasteiger partial charge in [-0.2, -0.15) is 0 Å². The number of unbranched alkanes of at least 4 members (excludes halogenated alkanes) is 2. The number of hydrogen-bond acceptors (Lipinski definition) is 2. The van der Waals surface area contributed by atoms with Gasteiger partial charge in [-0.3, -0.25) is 10.1 Å². The van der Waals surface area contributed by atoms with Crippen LogP contribution in [-0.4, -0.2) is 29.6 Å². The fourth-order valence-electron chi connectivity index (χ4n) is 2.35. The number of nitrogens with one attached hydrogen (secondary N) is 1. The Labute approximate surface area is 99.6 Å². The molecule has 16 heavy (non-hydrogen) atoms. The van der Waals surface area contributed by atoms with Gasteiger partial charge in [0, 0.05) is 6.54 Å². The first-order chi connectivity index (χ1) is 7.74. The van der Waals surface area contributed by atoms with Crippen molar-refractivity contribution in [1.82, 2.24) is 10.2 Å². The minimum atomic E-state index is 0.0678. The molecule has 1 amide bonds. The molecule has 0 spiro atoms. The standard InChI is InChI=1S/C13H26N2O/c1-4-7-8-10-15-12(9-5-2)14-11(6-3)13(15)16/h11-12,14H,4-10H2,1-3H3. The highest BCUT2D eigenvalue weighted by molar-refractivity contribution is 5.84. The summed E-state index contributed by atoms with van der Waals surface area (Å²) in [5.74, 6) is 0.317. The molecular weight excluding hydrogens is 200 g/mol. The maximum absolute atomic E-state index is 12.1. The first kappa shape index (κ1) is 13.5. The number of nitrogens with zero attached hydrogens (tertiary/aromatic N) is 1. The van der Waals surface area contributed by atoms with E-state index in [2.05, 4.69) is 31.0 Å². The lowest BCUT2D eigenvalue weighted by molar-refractivity contribution is -0.130. The number of carbonyl (C=O) groups is 1. The van der Waals surface area contributed by atoms with Crippen molar-refractivity contribution in [3.8, 4) is 0 Å². The molecule has 0 saturated carbocycles.